The van der Waals surface area contributed by atoms with Gasteiger partial charge in [-0.25, -0.2) is 0 Å². The number of hydrogen-bond donors (Lipinski definition) is 1. The highest BCUT2D eigenvalue weighted by Gasteiger charge is 2.11. The third-order valence-electron chi connectivity index (χ3n) is 3.89. The Hall–Kier alpha value is -1.14. The minimum absolute atomic E-state index is 0.271. The molecule has 0 aliphatic rings. The van der Waals surface area contributed by atoms with Gasteiger partial charge in [-0.3, -0.25) is 0 Å². The van der Waals surface area contributed by atoms with E-state index in [1.54, 1.807) is 23.5 Å². The molecule has 0 saturated heterocycles. The smallest absolute Gasteiger partial charge is 0.101 e. The second-order valence-corrected chi connectivity index (χ2v) is 8.24. The first-order valence-corrected chi connectivity index (χ1v) is 11.1. The minimum Gasteiger partial charge on any atom is -0.396 e. The third kappa shape index (κ3) is 8.68. The molecule has 1 aromatic rings. The maximum Gasteiger partial charge on any atom is 0.101 e. The zero-order chi connectivity index (χ0) is 18.3. The molecule has 0 saturated carbocycles. The van der Waals surface area contributed by atoms with Crippen molar-refractivity contribution in [3.05, 3.63) is 23.3 Å². The van der Waals surface area contributed by atoms with Crippen molar-refractivity contribution in [1.82, 2.24) is 0 Å². The van der Waals surface area contributed by atoms with Crippen LogP contribution in [0.5, 0.6) is 0 Å². The molecule has 0 aliphatic carbocycles. The summed E-state index contributed by atoms with van der Waals surface area (Å²) in [7, 11) is 0. The van der Waals surface area contributed by atoms with Gasteiger partial charge in [0.15, 0.2) is 0 Å². The first-order chi connectivity index (χ1) is 12.3. The van der Waals surface area contributed by atoms with Crippen molar-refractivity contribution in [2.24, 2.45) is 0 Å². The van der Waals surface area contributed by atoms with Gasteiger partial charge in [-0.2, -0.15) is 10.5 Å². The van der Waals surface area contributed by atoms with Gasteiger partial charge in [0, 0.05) is 16.4 Å². The van der Waals surface area contributed by atoms with Crippen molar-refractivity contribution in [2.45, 2.75) is 68.1 Å². The highest BCUT2D eigenvalue weighted by Crippen LogP contribution is 2.34. The number of rotatable bonds is 13. The molecule has 0 fully saturated rings. The number of aliphatic hydroxyl groups is 1. The van der Waals surface area contributed by atoms with E-state index >= 15 is 0 Å². The molecule has 0 amide bonds. The van der Waals surface area contributed by atoms with E-state index in [0.717, 1.165) is 47.0 Å². The Morgan fingerprint density at radius 1 is 0.800 bits per heavy atom. The maximum absolute atomic E-state index is 9.27. The largest absolute Gasteiger partial charge is 0.396 e. The monoisotopic (exact) mass is 376 g/mol. The van der Waals surface area contributed by atoms with Gasteiger partial charge in [0.25, 0.3) is 0 Å². The molecule has 0 aliphatic heterocycles. The Labute approximate surface area is 160 Å². The predicted molar refractivity (Wildman–Crippen MR) is 107 cm³/mol. The number of benzene rings is 1. The minimum atomic E-state index is 0.271. The number of unbranched alkanes of at least 4 members (excludes halogenated alkanes) is 6. The summed E-state index contributed by atoms with van der Waals surface area (Å²) in [6, 6.07) is 8.06. The molecule has 0 atom stereocenters. The van der Waals surface area contributed by atoms with Crippen LogP contribution in [0.1, 0.15) is 69.4 Å². The first kappa shape index (κ1) is 21.9. The van der Waals surface area contributed by atoms with Crippen LogP contribution in [-0.4, -0.2) is 23.2 Å². The van der Waals surface area contributed by atoms with Crippen LogP contribution in [0.2, 0.25) is 0 Å². The maximum atomic E-state index is 9.27. The molecule has 3 nitrogen and oxygen atoms in total. The van der Waals surface area contributed by atoms with Gasteiger partial charge in [0.05, 0.1) is 11.1 Å². The Bertz CT molecular complexity index is 591. The van der Waals surface area contributed by atoms with Crippen molar-refractivity contribution in [3.63, 3.8) is 0 Å². The third-order valence-corrected chi connectivity index (χ3v) is 6.30. The fourth-order valence-electron chi connectivity index (χ4n) is 2.43. The van der Waals surface area contributed by atoms with Gasteiger partial charge in [0.2, 0.25) is 0 Å². The van der Waals surface area contributed by atoms with E-state index in [1.807, 2.05) is 12.1 Å². The summed E-state index contributed by atoms with van der Waals surface area (Å²) in [5.41, 5.74) is 0.950. The molecular weight excluding hydrogens is 348 g/mol. The second kappa shape index (κ2) is 14.1. The molecule has 0 bridgehead atoms. The van der Waals surface area contributed by atoms with Gasteiger partial charge in [-0.1, -0.05) is 39.0 Å². The van der Waals surface area contributed by atoms with Crippen LogP contribution in [-0.2, 0) is 0 Å². The average molecular weight is 377 g/mol. The number of aliphatic hydroxyl groups excluding tert-OH is 1. The lowest BCUT2D eigenvalue weighted by Gasteiger charge is -2.11. The van der Waals surface area contributed by atoms with Crippen molar-refractivity contribution < 1.29 is 5.11 Å². The van der Waals surface area contributed by atoms with Crippen LogP contribution in [0.4, 0.5) is 0 Å². The van der Waals surface area contributed by atoms with E-state index in [0.29, 0.717) is 11.1 Å². The van der Waals surface area contributed by atoms with Gasteiger partial charge in [-0.05, 0) is 42.9 Å². The Morgan fingerprint density at radius 3 is 1.72 bits per heavy atom. The highest BCUT2D eigenvalue weighted by molar-refractivity contribution is 8.02. The fraction of sp³-hybridized carbons (Fsp3) is 0.600. The van der Waals surface area contributed by atoms with E-state index in [-0.39, 0.29) is 6.61 Å². The van der Waals surface area contributed by atoms with Gasteiger partial charge in [-0.15, -0.1) is 23.5 Å². The van der Waals surface area contributed by atoms with E-state index < -0.39 is 0 Å². The van der Waals surface area contributed by atoms with E-state index in [1.165, 1.54) is 25.7 Å². The summed E-state index contributed by atoms with van der Waals surface area (Å²) in [6.07, 6.45) is 9.10. The number of nitrogens with zero attached hydrogens (tertiary/aromatic N) is 2. The lowest BCUT2D eigenvalue weighted by molar-refractivity contribution is 0.283. The topological polar surface area (TPSA) is 67.8 Å². The normalized spacial score (nSPS) is 10.4. The molecule has 0 aromatic heterocycles. The SMILES string of the molecule is CCCCCCSc1cc(C#N)c(C#N)cc1SCCCCCCO. The summed E-state index contributed by atoms with van der Waals surface area (Å²) >= 11 is 3.58. The standard InChI is InChI=1S/C20H28N2OS2/c1-2-3-4-8-11-24-19-13-17(15-21)18(16-22)14-20(19)25-12-9-6-5-7-10-23/h13-14,23H,2-12H2,1H3. The van der Waals surface area contributed by atoms with Crippen LogP contribution < -0.4 is 0 Å². The van der Waals surface area contributed by atoms with Crippen LogP contribution >= 0.6 is 23.5 Å². The molecule has 136 valence electrons. The zero-order valence-electron chi connectivity index (χ0n) is 15.1. The van der Waals surface area contributed by atoms with Crippen molar-refractivity contribution in [2.75, 3.05) is 18.1 Å². The summed E-state index contributed by atoms with van der Waals surface area (Å²) < 4.78 is 0. The summed E-state index contributed by atoms with van der Waals surface area (Å²) in [4.78, 5) is 2.26. The molecule has 25 heavy (non-hydrogen) atoms. The Morgan fingerprint density at radius 2 is 1.28 bits per heavy atom. The molecular formula is C20H28N2OS2. The van der Waals surface area contributed by atoms with Gasteiger partial charge >= 0.3 is 0 Å². The van der Waals surface area contributed by atoms with Crippen molar-refractivity contribution >= 4 is 23.5 Å². The molecule has 0 spiro atoms. The lowest BCUT2D eigenvalue weighted by atomic mass is 10.1. The van der Waals surface area contributed by atoms with Crippen LogP contribution in [0, 0.1) is 22.7 Å². The van der Waals surface area contributed by atoms with Crippen molar-refractivity contribution in [1.29, 1.82) is 10.5 Å². The predicted octanol–water partition coefficient (Wildman–Crippen LogP) is 5.75. The second-order valence-electron chi connectivity index (χ2n) is 5.96. The molecule has 1 N–H and O–H groups in total. The molecule has 1 aromatic carbocycles. The molecule has 1 rings (SSSR count). The fourth-order valence-corrected chi connectivity index (χ4v) is 4.73. The summed E-state index contributed by atoms with van der Waals surface area (Å²) in [5, 5.41) is 27.3. The number of hydrogen-bond acceptors (Lipinski definition) is 5. The first-order valence-electron chi connectivity index (χ1n) is 9.11. The van der Waals surface area contributed by atoms with Crippen LogP contribution in [0.15, 0.2) is 21.9 Å². The van der Waals surface area contributed by atoms with Crippen LogP contribution in [0.25, 0.3) is 0 Å². The van der Waals surface area contributed by atoms with Gasteiger partial charge < -0.3 is 5.11 Å². The summed E-state index contributed by atoms with van der Waals surface area (Å²) in [5.74, 6) is 2.06. The highest BCUT2D eigenvalue weighted by atomic mass is 32.2. The molecule has 0 radical (unpaired) electrons. The molecule has 0 heterocycles. The Kier molecular flexibility index (Phi) is 12.3. The Balaban J connectivity index is 2.67. The van der Waals surface area contributed by atoms with E-state index in [4.69, 9.17) is 5.11 Å². The molecule has 5 heteroatoms. The summed E-state index contributed by atoms with van der Waals surface area (Å²) in [6.45, 7) is 2.48. The number of nitriles is 2. The van der Waals surface area contributed by atoms with Crippen molar-refractivity contribution in [3.8, 4) is 12.1 Å². The van der Waals surface area contributed by atoms with Crippen LogP contribution in [0.3, 0.4) is 0 Å². The van der Waals surface area contributed by atoms with E-state index in [2.05, 4.69) is 19.1 Å². The average Bonchev–Trinajstić information content (AvgIpc) is 2.64. The number of thioether (sulfide) groups is 2. The molecule has 0 unspecified atom stereocenters. The zero-order valence-corrected chi connectivity index (χ0v) is 16.7. The quantitative estimate of drug-likeness (QED) is 0.351. The lowest BCUT2D eigenvalue weighted by Crippen LogP contribution is -1.92. The van der Waals surface area contributed by atoms with E-state index in [9.17, 15) is 10.5 Å². The van der Waals surface area contributed by atoms with Gasteiger partial charge in [0.1, 0.15) is 12.1 Å².